The van der Waals surface area contributed by atoms with Crippen LogP contribution in [0.25, 0.3) is 22.3 Å². The van der Waals surface area contributed by atoms with Crippen molar-refractivity contribution in [2.75, 3.05) is 31.3 Å². The van der Waals surface area contributed by atoms with Crippen LogP contribution in [0.2, 0.25) is 0 Å². The fourth-order valence-corrected chi connectivity index (χ4v) is 4.48. The number of ether oxygens (including phenoxy) is 2. The molecule has 8 heteroatoms. The highest BCUT2D eigenvalue weighted by atomic mass is 16.5. The molecule has 2 atom stereocenters. The van der Waals surface area contributed by atoms with Crippen molar-refractivity contribution >= 4 is 22.5 Å². The second kappa shape index (κ2) is 8.36. The molecular formula is C23H27N5O3. The topological polar surface area (TPSA) is 82.4 Å². The van der Waals surface area contributed by atoms with Gasteiger partial charge in [-0.1, -0.05) is 0 Å². The Morgan fingerprint density at radius 3 is 2.87 bits per heavy atom. The number of hydrogen-bond acceptors (Lipinski definition) is 7. The molecule has 5 heterocycles. The second-order valence-electron chi connectivity index (χ2n) is 8.24. The summed E-state index contributed by atoms with van der Waals surface area (Å²) in [5.41, 5.74) is 2.94. The first-order valence-electron chi connectivity index (χ1n) is 10.9. The lowest BCUT2D eigenvalue weighted by molar-refractivity contribution is -0.0383. The number of pyridine rings is 2. The summed E-state index contributed by atoms with van der Waals surface area (Å²) in [4.78, 5) is 24.4. The van der Waals surface area contributed by atoms with Crippen molar-refractivity contribution < 1.29 is 14.3 Å². The molecule has 2 saturated heterocycles. The molecule has 2 fully saturated rings. The first-order chi connectivity index (χ1) is 15.1. The molecule has 162 valence electrons. The van der Waals surface area contributed by atoms with Gasteiger partial charge in [0.25, 0.3) is 0 Å². The third-order valence-corrected chi connectivity index (χ3v) is 6.10. The summed E-state index contributed by atoms with van der Waals surface area (Å²) in [6, 6.07) is 5.89. The van der Waals surface area contributed by atoms with E-state index in [1.54, 1.807) is 19.3 Å². The molecule has 31 heavy (non-hydrogen) atoms. The van der Waals surface area contributed by atoms with E-state index in [0.29, 0.717) is 24.3 Å². The summed E-state index contributed by atoms with van der Waals surface area (Å²) in [7, 11) is 0. The van der Waals surface area contributed by atoms with Crippen LogP contribution in [0, 0.1) is 0 Å². The number of hydrogen-bond donors (Lipinski definition) is 0. The van der Waals surface area contributed by atoms with Crippen molar-refractivity contribution in [3.05, 3.63) is 36.2 Å². The average Bonchev–Trinajstić information content (AvgIpc) is 3.28. The summed E-state index contributed by atoms with van der Waals surface area (Å²) in [6.07, 6.45) is 6.51. The minimum absolute atomic E-state index is 0.0100. The third-order valence-electron chi connectivity index (χ3n) is 6.10. The SMILES string of the molecule is CC(=O)c1cc(N2CCOC[C@H]2C)nc2c(-c3ccnn3C3CCCCO3)nccc12. The molecule has 0 aliphatic carbocycles. The summed E-state index contributed by atoms with van der Waals surface area (Å²) >= 11 is 0. The fourth-order valence-electron chi connectivity index (χ4n) is 4.48. The largest absolute Gasteiger partial charge is 0.377 e. The maximum atomic E-state index is 12.6. The van der Waals surface area contributed by atoms with Gasteiger partial charge < -0.3 is 14.4 Å². The van der Waals surface area contributed by atoms with Gasteiger partial charge in [0.15, 0.2) is 12.0 Å². The Bertz CT molecular complexity index is 1110. The maximum absolute atomic E-state index is 12.6. The van der Waals surface area contributed by atoms with Gasteiger partial charge in [0.1, 0.15) is 17.0 Å². The maximum Gasteiger partial charge on any atom is 0.160 e. The van der Waals surface area contributed by atoms with Gasteiger partial charge >= 0.3 is 0 Å². The fraction of sp³-hybridized carbons (Fsp3) is 0.478. The molecule has 3 aromatic rings. The Labute approximate surface area is 181 Å². The predicted molar refractivity (Wildman–Crippen MR) is 117 cm³/mol. The number of carbonyl (C=O) groups is 1. The minimum Gasteiger partial charge on any atom is -0.377 e. The van der Waals surface area contributed by atoms with Crippen LogP contribution in [-0.2, 0) is 9.47 Å². The lowest BCUT2D eigenvalue weighted by Gasteiger charge is -2.34. The summed E-state index contributed by atoms with van der Waals surface area (Å²) in [5, 5.41) is 5.34. The van der Waals surface area contributed by atoms with Gasteiger partial charge in [-0.15, -0.1) is 0 Å². The number of aromatic nitrogens is 4. The highest BCUT2D eigenvalue weighted by molar-refractivity contribution is 6.09. The van der Waals surface area contributed by atoms with Crippen LogP contribution in [0.3, 0.4) is 0 Å². The van der Waals surface area contributed by atoms with Crippen molar-refractivity contribution in [3.63, 3.8) is 0 Å². The van der Waals surface area contributed by atoms with E-state index < -0.39 is 0 Å². The minimum atomic E-state index is -0.106. The molecule has 0 radical (unpaired) electrons. The Morgan fingerprint density at radius 1 is 1.19 bits per heavy atom. The first-order valence-corrected chi connectivity index (χ1v) is 10.9. The van der Waals surface area contributed by atoms with Crippen LogP contribution in [0.15, 0.2) is 30.6 Å². The van der Waals surface area contributed by atoms with Crippen LogP contribution in [0.1, 0.15) is 49.7 Å². The quantitative estimate of drug-likeness (QED) is 0.595. The molecular weight excluding hydrogens is 394 g/mol. The number of rotatable bonds is 4. The van der Waals surface area contributed by atoms with Crippen LogP contribution < -0.4 is 4.90 Å². The van der Waals surface area contributed by atoms with Crippen molar-refractivity contribution in [2.24, 2.45) is 0 Å². The number of Topliss-reactive ketones (excluding diaryl/α,β-unsaturated/α-hetero) is 1. The predicted octanol–water partition coefficient (Wildman–Crippen LogP) is 3.62. The number of fused-ring (bicyclic) bond motifs is 1. The van der Waals surface area contributed by atoms with Gasteiger partial charge in [-0.25, -0.2) is 9.67 Å². The Kier molecular flexibility index (Phi) is 5.41. The molecule has 0 aromatic carbocycles. The standard InChI is InChI=1S/C23H27N5O3/c1-15-14-30-12-10-27(15)20-13-18(16(2)29)17-6-8-24-23(22(17)26-20)19-7-9-25-28(19)21-5-3-4-11-31-21/h6-9,13,15,21H,3-5,10-12,14H2,1-2H3/t15-,21?/m1/s1. The molecule has 5 rings (SSSR count). The highest BCUT2D eigenvalue weighted by Gasteiger charge is 2.25. The van der Waals surface area contributed by atoms with E-state index in [2.05, 4.69) is 21.9 Å². The van der Waals surface area contributed by atoms with E-state index in [-0.39, 0.29) is 18.1 Å². The molecule has 0 N–H and O–H groups in total. The normalized spacial score (nSPS) is 22.1. The Hall–Kier alpha value is -2.84. The van der Waals surface area contributed by atoms with Crippen molar-refractivity contribution in [1.82, 2.24) is 19.7 Å². The van der Waals surface area contributed by atoms with Gasteiger partial charge in [-0.3, -0.25) is 9.78 Å². The van der Waals surface area contributed by atoms with Crippen LogP contribution in [0.5, 0.6) is 0 Å². The summed E-state index contributed by atoms with van der Waals surface area (Å²) < 4.78 is 13.5. The van der Waals surface area contributed by atoms with E-state index in [1.807, 2.05) is 22.9 Å². The molecule has 2 aliphatic rings. The average molecular weight is 422 g/mol. The molecule has 0 amide bonds. The van der Waals surface area contributed by atoms with E-state index >= 15 is 0 Å². The zero-order chi connectivity index (χ0) is 21.4. The number of nitrogens with zero attached hydrogens (tertiary/aromatic N) is 5. The lowest BCUT2D eigenvalue weighted by Crippen LogP contribution is -2.44. The van der Waals surface area contributed by atoms with E-state index in [1.165, 1.54) is 0 Å². The van der Waals surface area contributed by atoms with E-state index in [4.69, 9.17) is 14.5 Å². The van der Waals surface area contributed by atoms with Crippen molar-refractivity contribution in [1.29, 1.82) is 0 Å². The molecule has 8 nitrogen and oxygen atoms in total. The number of carbonyl (C=O) groups excluding carboxylic acids is 1. The van der Waals surface area contributed by atoms with Crippen LogP contribution in [-0.4, -0.2) is 57.9 Å². The molecule has 3 aromatic heterocycles. The lowest BCUT2D eigenvalue weighted by atomic mass is 10.0. The first kappa shape index (κ1) is 20.1. The van der Waals surface area contributed by atoms with Crippen molar-refractivity contribution in [3.8, 4) is 11.4 Å². The highest BCUT2D eigenvalue weighted by Crippen LogP contribution is 2.33. The monoisotopic (exact) mass is 421 g/mol. The second-order valence-corrected chi connectivity index (χ2v) is 8.24. The summed E-state index contributed by atoms with van der Waals surface area (Å²) in [6.45, 7) is 6.46. The number of morpholine rings is 1. The van der Waals surface area contributed by atoms with Crippen LogP contribution in [0.4, 0.5) is 5.82 Å². The zero-order valence-electron chi connectivity index (χ0n) is 18.0. The van der Waals surface area contributed by atoms with E-state index in [0.717, 1.165) is 55.0 Å². The van der Waals surface area contributed by atoms with Gasteiger partial charge in [-0.05, 0) is 51.3 Å². The molecule has 0 bridgehead atoms. The van der Waals surface area contributed by atoms with Gasteiger partial charge in [0.05, 0.1) is 24.9 Å². The van der Waals surface area contributed by atoms with E-state index in [9.17, 15) is 4.79 Å². The van der Waals surface area contributed by atoms with Crippen molar-refractivity contribution in [2.45, 2.75) is 45.4 Å². The third kappa shape index (κ3) is 3.70. The number of ketones is 1. The van der Waals surface area contributed by atoms with Gasteiger partial charge in [0, 0.05) is 36.5 Å². The molecule has 2 aliphatic heterocycles. The molecule has 1 unspecified atom stereocenters. The Balaban J connectivity index is 1.68. The van der Waals surface area contributed by atoms with Crippen LogP contribution >= 0.6 is 0 Å². The molecule has 0 spiro atoms. The number of anilines is 1. The van der Waals surface area contributed by atoms with Gasteiger partial charge in [0.2, 0.25) is 0 Å². The van der Waals surface area contributed by atoms with Gasteiger partial charge in [-0.2, -0.15) is 5.10 Å². The molecule has 0 saturated carbocycles. The summed E-state index contributed by atoms with van der Waals surface area (Å²) in [5.74, 6) is 0.790. The Morgan fingerprint density at radius 2 is 2.10 bits per heavy atom. The smallest absolute Gasteiger partial charge is 0.160 e. The zero-order valence-corrected chi connectivity index (χ0v) is 18.0.